The molecule has 0 aromatic heterocycles. The number of aliphatic carboxylic acids is 2. The van der Waals surface area contributed by atoms with Crippen LogP contribution in [0.5, 0.6) is 0 Å². The number of esters is 2. The Balaban J connectivity index is -0.000000411. The largest absolute Gasteiger partial charge is 2.00 e. The molecule has 0 bridgehead atoms. The molecular formula is C14H18CaO12. The van der Waals surface area contributed by atoms with Gasteiger partial charge in [0.05, 0.1) is 11.9 Å². The summed E-state index contributed by atoms with van der Waals surface area (Å²) >= 11 is 0. The Morgan fingerprint density at radius 2 is 0.926 bits per heavy atom. The number of ether oxygens (including phenoxy) is 4. The molecule has 0 radical (unpaired) electrons. The van der Waals surface area contributed by atoms with Gasteiger partial charge in [0.2, 0.25) is 0 Å². The van der Waals surface area contributed by atoms with Crippen LogP contribution in [0.4, 0.5) is 0 Å². The summed E-state index contributed by atoms with van der Waals surface area (Å²) in [5.74, 6) is -4.87. The van der Waals surface area contributed by atoms with Crippen LogP contribution in [-0.2, 0) is 47.7 Å². The molecule has 0 fully saturated rings. The molecule has 0 N–H and O–H groups in total. The summed E-state index contributed by atoms with van der Waals surface area (Å²) in [6.45, 7) is 4.96. The van der Waals surface area contributed by atoms with E-state index in [2.05, 4.69) is 18.9 Å². The topological polar surface area (TPSA) is 185 Å². The monoisotopic (exact) mass is 418 g/mol. The number of rotatable bonds is 10. The third-order valence-electron chi connectivity index (χ3n) is 2.43. The molecule has 0 aliphatic heterocycles. The zero-order valence-corrected chi connectivity index (χ0v) is 17.3. The standard InChI is InChI=1S/2C7H10O6.Ca/c2*1-4(6(9)10)13-7(11)5(2)12-3-8;/h2*3-5H,1-2H3,(H,9,10);/q;;+2/p-2. The first kappa shape index (κ1) is 29.8. The second-order valence-corrected chi connectivity index (χ2v) is 4.55. The minimum absolute atomic E-state index is 0. The Morgan fingerprint density at radius 3 is 1.11 bits per heavy atom. The molecule has 0 spiro atoms. The van der Waals surface area contributed by atoms with E-state index in [0.717, 1.165) is 13.8 Å². The zero-order chi connectivity index (χ0) is 20.9. The van der Waals surface area contributed by atoms with Crippen LogP contribution < -0.4 is 10.2 Å². The van der Waals surface area contributed by atoms with Crippen LogP contribution in [0.25, 0.3) is 0 Å². The van der Waals surface area contributed by atoms with E-state index in [1.165, 1.54) is 13.8 Å². The Kier molecular flexibility index (Phi) is 18.0. The van der Waals surface area contributed by atoms with Crippen LogP contribution in [0.3, 0.4) is 0 Å². The van der Waals surface area contributed by atoms with Crippen molar-refractivity contribution in [2.24, 2.45) is 0 Å². The Labute approximate surface area is 184 Å². The van der Waals surface area contributed by atoms with Gasteiger partial charge >= 0.3 is 49.7 Å². The van der Waals surface area contributed by atoms with Gasteiger partial charge in [0, 0.05) is 0 Å². The van der Waals surface area contributed by atoms with E-state index in [-0.39, 0.29) is 50.7 Å². The third kappa shape index (κ3) is 14.9. The quantitative estimate of drug-likeness (QED) is 0.145. The van der Waals surface area contributed by atoms with Crippen molar-refractivity contribution in [3.63, 3.8) is 0 Å². The van der Waals surface area contributed by atoms with E-state index in [9.17, 15) is 39.0 Å². The van der Waals surface area contributed by atoms with Crippen LogP contribution in [0.15, 0.2) is 0 Å². The maximum atomic E-state index is 10.9. The van der Waals surface area contributed by atoms with E-state index >= 15 is 0 Å². The fourth-order valence-electron chi connectivity index (χ4n) is 0.914. The molecule has 0 aromatic rings. The number of carbonyl (C=O) groups is 6. The van der Waals surface area contributed by atoms with Crippen LogP contribution in [0.2, 0.25) is 0 Å². The second-order valence-electron chi connectivity index (χ2n) is 4.55. The smallest absolute Gasteiger partial charge is 0.546 e. The van der Waals surface area contributed by atoms with Gasteiger partial charge in [0.25, 0.3) is 12.9 Å². The van der Waals surface area contributed by atoms with Gasteiger partial charge in [-0.2, -0.15) is 0 Å². The van der Waals surface area contributed by atoms with E-state index in [1.54, 1.807) is 0 Å². The summed E-state index contributed by atoms with van der Waals surface area (Å²) in [6.07, 6.45) is -4.94. The SMILES string of the molecule is CC(OC(=O)C(C)OC=O)C(=O)[O-].CC(OC(=O)C(C)OC=O)C(=O)[O-].[Ca+2]. The molecule has 0 aliphatic carbocycles. The van der Waals surface area contributed by atoms with Crippen LogP contribution in [0.1, 0.15) is 27.7 Å². The molecule has 0 saturated carbocycles. The van der Waals surface area contributed by atoms with Crippen molar-refractivity contribution in [3.05, 3.63) is 0 Å². The first-order chi connectivity index (χ1) is 12.0. The summed E-state index contributed by atoms with van der Waals surface area (Å²) in [4.78, 5) is 61.5. The zero-order valence-electron chi connectivity index (χ0n) is 15.1. The maximum absolute atomic E-state index is 10.9. The van der Waals surface area contributed by atoms with Crippen molar-refractivity contribution in [3.8, 4) is 0 Å². The van der Waals surface area contributed by atoms with E-state index in [1.807, 2.05) is 0 Å². The summed E-state index contributed by atoms with van der Waals surface area (Å²) < 4.78 is 17.1. The molecule has 0 saturated heterocycles. The van der Waals surface area contributed by atoms with E-state index in [0.29, 0.717) is 0 Å². The molecule has 0 aromatic carbocycles. The van der Waals surface area contributed by atoms with Gasteiger partial charge in [0.15, 0.2) is 12.2 Å². The molecular weight excluding hydrogens is 400 g/mol. The molecule has 148 valence electrons. The fraction of sp³-hybridized carbons (Fsp3) is 0.571. The molecule has 4 atom stereocenters. The molecule has 12 nitrogen and oxygen atoms in total. The Bertz CT molecular complexity index is 474. The molecule has 4 unspecified atom stereocenters. The van der Waals surface area contributed by atoms with E-state index < -0.39 is 48.3 Å². The fourth-order valence-corrected chi connectivity index (χ4v) is 0.914. The Morgan fingerprint density at radius 1 is 0.667 bits per heavy atom. The summed E-state index contributed by atoms with van der Waals surface area (Å²) in [5.41, 5.74) is 0. The molecule has 0 rings (SSSR count). The van der Waals surface area contributed by atoms with Crippen LogP contribution >= 0.6 is 0 Å². The van der Waals surface area contributed by atoms with Crippen molar-refractivity contribution in [1.82, 2.24) is 0 Å². The number of carboxylic acid groups (broad SMARTS) is 2. The van der Waals surface area contributed by atoms with Crippen LogP contribution in [0, 0.1) is 0 Å². The molecule has 0 heterocycles. The average molecular weight is 418 g/mol. The average Bonchev–Trinajstić information content (AvgIpc) is 2.55. The van der Waals surface area contributed by atoms with Crippen molar-refractivity contribution in [2.45, 2.75) is 52.1 Å². The van der Waals surface area contributed by atoms with Gasteiger partial charge in [-0.25, -0.2) is 9.59 Å². The summed E-state index contributed by atoms with van der Waals surface area (Å²) in [6, 6.07) is 0. The number of carbonyl (C=O) groups excluding carboxylic acids is 6. The number of hydrogen-bond donors (Lipinski definition) is 0. The maximum Gasteiger partial charge on any atom is 2.00 e. The van der Waals surface area contributed by atoms with Gasteiger partial charge in [-0.1, -0.05) is 0 Å². The predicted molar refractivity (Wildman–Crippen MR) is 80.1 cm³/mol. The van der Waals surface area contributed by atoms with Gasteiger partial charge in [-0.05, 0) is 27.7 Å². The molecule has 0 amide bonds. The molecule has 27 heavy (non-hydrogen) atoms. The minimum Gasteiger partial charge on any atom is -0.546 e. The summed E-state index contributed by atoms with van der Waals surface area (Å²) in [5, 5.41) is 20.2. The van der Waals surface area contributed by atoms with Crippen molar-refractivity contribution in [1.29, 1.82) is 0 Å². The van der Waals surface area contributed by atoms with Crippen molar-refractivity contribution in [2.75, 3.05) is 0 Å². The number of hydrogen-bond acceptors (Lipinski definition) is 12. The third-order valence-corrected chi connectivity index (χ3v) is 2.43. The van der Waals surface area contributed by atoms with Crippen molar-refractivity contribution < 1.29 is 57.9 Å². The summed E-state index contributed by atoms with van der Waals surface area (Å²) in [7, 11) is 0. The Hall–Kier alpha value is -1.92. The number of carboxylic acids is 2. The predicted octanol–water partition coefficient (Wildman–Crippen LogP) is -3.92. The normalized spacial score (nSPS) is 13.5. The van der Waals surface area contributed by atoms with Crippen LogP contribution in [-0.4, -0.2) is 99.0 Å². The van der Waals surface area contributed by atoms with Gasteiger partial charge in [-0.3, -0.25) is 9.59 Å². The first-order valence-electron chi connectivity index (χ1n) is 6.98. The van der Waals surface area contributed by atoms with Gasteiger partial charge in [0.1, 0.15) is 12.2 Å². The van der Waals surface area contributed by atoms with E-state index in [4.69, 9.17) is 0 Å². The van der Waals surface area contributed by atoms with Crippen molar-refractivity contribution >= 4 is 74.6 Å². The molecule has 13 heteroatoms. The van der Waals surface area contributed by atoms with Gasteiger partial charge in [-0.15, -0.1) is 0 Å². The van der Waals surface area contributed by atoms with Gasteiger partial charge < -0.3 is 38.7 Å². The first-order valence-corrected chi connectivity index (χ1v) is 6.98. The second kappa shape index (κ2) is 16.3. The minimum atomic E-state index is -1.51. The molecule has 0 aliphatic rings.